The zero-order valence-corrected chi connectivity index (χ0v) is 24.2. The molecule has 0 bridgehead atoms. The van der Waals surface area contributed by atoms with Crippen molar-refractivity contribution < 1.29 is 12.6 Å². The largest absolute Gasteiger partial charge is 0.456 e. The number of fused-ring (bicyclic) bond motifs is 9. The smallest absolute Gasteiger partial charge is 0.238 e. The number of hydrogen-bond donors (Lipinski definition) is 0. The number of rotatable bonds is 3. The monoisotopic (exact) mass is 600 g/mol. The third kappa shape index (κ3) is 3.70. The van der Waals surface area contributed by atoms with Crippen LogP contribution in [-0.2, 0) is 0 Å². The Morgan fingerprint density at radius 3 is 1.98 bits per heavy atom. The Morgan fingerprint density at radius 2 is 1.18 bits per heavy atom. The average molecular weight is 601 g/mol. The normalized spacial score (nSPS) is 13.9. The average Bonchev–Trinajstić information content (AvgIpc) is 3.82. The quantitative estimate of drug-likeness (QED) is 0.202. The molecule has 0 amide bonds. The van der Waals surface area contributed by atoms with Crippen molar-refractivity contribution in [2.75, 3.05) is 0 Å². The molecule has 0 radical (unpaired) electrons. The molecule has 4 aromatic heterocycles. The van der Waals surface area contributed by atoms with Crippen LogP contribution in [0.2, 0.25) is 0 Å². The van der Waals surface area contributed by atoms with Gasteiger partial charge in [-0.2, -0.15) is 9.97 Å². The first-order valence-electron chi connectivity index (χ1n) is 17.4. The molecule has 0 fully saturated rings. The van der Waals surface area contributed by atoms with E-state index in [1.165, 1.54) is 16.7 Å². The van der Waals surface area contributed by atoms with E-state index in [-0.39, 0.29) is 64.0 Å². The fraction of sp³-hybridized carbons (Fsp3) is 0. The maximum atomic E-state index is 8.97. The molecule has 0 saturated heterocycles. The molecule has 10 rings (SSSR count). The highest BCUT2D eigenvalue weighted by Gasteiger charge is 2.19. The Balaban J connectivity index is 1.31. The predicted molar refractivity (Wildman–Crippen MR) is 185 cm³/mol. The zero-order valence-electron chi connectivity index (χ0n) is 29.3. The molecular formula is C39H22N4OS. The van der Waals surface area contributed by atoms with Crippen molar-refractivity contribution >= 4 is 75.3 Å². The summed E-state index contributed by atoms with van der Waals surface area (Å²) in [5.41, 5.74) is 3.14. The highest BCUT2D eigenvalue weighted by atomic mass is 32.1. The first-order chi connectivity index (χ1) is 24.7. The van der Waals surface area contributed by atoms with Crippen molar-refractivity contribution in [1.29, 1.82) is 0 Å². The fourth-order valence-electron chi connectivity index (χ4n) is 6.17. The Labute approximate surface area is 269 Å². The van der Waals surface area contributed by atoms with Crippen molar-refractivity contribution in [2.24, 2.45) is 0 Å². The van der Waals surface area contributed by atoms with Gasteiger partial charge < -0.3 is 4.42 Å². The molecule has 210 valence electrons. The number of hydrogen-bond acceptors (Lipinski definition) is 5. The van der Waals surface area contributed by atoms with Crippen molar-refractivity contribution in [3.05, 3.63) is 133 Å². The van der Waals surface area contributed by atoms with Crippen LogP contribution in [-0.4, -0.2) is 19.5 Å². The highest BCUT2D eigenvalue weighted by molar-refractivity contribution is 7.25. The van der Waals surface area contributed by atoms with Crippen LogP contribution < -0.4 is 0 Å². The Hall–Kier alpha value is -5.85. The van der Waals surface area contributed by atoms with Crippen LogP contribution in [0.25, 0.3) is 92.6 Å². The maximum absolute atomic E-state index is 8.97. The molecule has 0 aliphatic rings. The van der Waals surface area contributed by atoms with Gasteiger partial charge in [-0.05, 0) is 54.5 Å². The van der Waals surface area contributed by atoms with Crippen LogP contribution in [0.1, 0.15) is 8.22 Å². The second-order valence-electron chi connectivity index (χ2n) is 10.8. The number of benzene rings is 6. The molecule has 0 unspecified atom stereocenters. The van der Waals surface area contributed by atoms with Gasteiger partial charge in [-0.15, -0.1) is 11.3 Å². The molecule has 10 aromatic rings. The lowest BCUT2D eigenvalue weighted by Gasteiger charge is -2.11. The van der Waals surface area contributed by atoms with E-state index in [4.69, 9.17) is 27.6 Å². The maximum Gasteiger partial charge on any atom is 0.238 e. The highest BCUT2D eigenvalue weighted by Crippen LogP contribution is 2.37. The van der Waals surface area contributed by atoms with Gasteiger partial charge in [0.2, 0.25) is 5.95 Å². The van der Waals surface area contributed by atoms with E-state index in [0.717, 1.165) is 42.1 Å². The van der Waals surface area contributed by atoms with Gasteiger partial charge in [-0.25, -0.2) is 4.98 Å². The van der Waals surface area contributed by atoms with E-state index >= 15 is 0 Å². The van der Waals surface area contributed by atoms with E-state index in [1.807, 2.05) is 66.7 Å². The lowest BCUT2D eigenvalue weighted by atomic mass is 10.1. The molecule has 0 saturated carbocycles. The summed E-state index contributed by atoms with van der Waals surface area (Å²) in [5.74, 6) is 0.731. The molecule has 6 aromatic carbocycles. The lowest BCUT2D eigenvalue weighted by Crippen LogP contribution is -2.06. The summed E-state index contributed by atoms with van der Waals surface area (Å²) in [6, 6.07) is 29.4. The van der Waals surface area contributed by atoms with Crippen LogP contribution in [0.3, 0.4) is 0 Å². The number of thiophene rings is 1. The SMILES string of the molecule is [2H]c1cc([2H])c2c(c1[2H])c1c([2H])c([2H])cc([2H])c1n2-c1nc(-c2ccc3c(c2)oc2ccccc23)nc(-c2ccc3sc4ccccc4c3c2)n1. The summed E-state index contributed by atoms with van der Waals surface area (Å²) >= 11 is 1.70. The minimum Gasteiger partial charge on any atom is -0.456 e. The van der Waals surface area contributed by atoms with Gasteiger partial charge in [0.05, 0.1) is 19.3 Å². The van der Waals surface area contributed by atoms with Crippen molar-refractivity contribution in [1.82, 2.24) is 19.5 Å². The molecule has 0 N–H and O–H groups in total. The predicted octanol–water partition coefficient (Wildman–Crippen LogP) is 10.6. The third-order valence-electron chi connectivity index (χ3n) is 8.22. The second kappa shape index (κ2) is 9.32. The molecule has 0 aliphatic heterocycles. The Bertz CT molecular complexity index is 3060. The molecule has 0 aliphatic carbocycles. The molecule has 0 spiro atoms. The third-order valence-corrected chi connectivity index (χ3v) is 9.37. The topological polar surface area (TPSA) is 56.7 Å². The van der Waals surface area contributed by atoms with Gasteiger partial charge in [0.1, 0.15) is 11.2 Å². The molecule has 0 atom stereocenters. The summed E-state index contributed by atoms with van der Waals surface area (Å²) in [4.78, 5) is 14.9. The Kier molecular flexibility index (Phi) is 4.03. The Morgan fingerprint density at radius 1 is 0.533 bits per heavy atom. The second-order valence-corrected chi connectivity index (χ2v) is 11.9. The number of para-hydroxylation sites is 3. The van der Waals surface area contributed by atoms with Crippen LogP contribution in [0.5, 0.6) is 0 Å². The first-order valence-corrected chi connectivity index (χ1v) is 15.2. The molecular weight excluding hydrogens is 573 g/mol. The number of aromatic nitrogens is 4. The lowest BCUT2D eigenvalue weighted by molar-refractivity contribution is 0.669. The van der Waals surface area contributed by atoms with Gasteiger partial charge in [0.15, 0.2) is 11.6 Å². The molecule has 4 heterocycles. The van der Waals surface area contributed by atoms with Crippen molar-refractivity contribution in [3.8, 4) is 28.7 Å². The van der Waals surface area contributed by atoms with Gasteiger partial charge >= 0.3 is 0 Å². The van der Waals surface area contributed by atoms with Gasteiger partial charge in [0, 0.05) is 52.8 Å². The van der Waals surface area contributed by atoms with E-state index in [2.05, 4.69) is 18.2 Å². The summed E-state index contributed by atoms with van der Waals surface area (Å²) in [7, 11) is 0. The zero-order chi connectivity index (χ0) is 34.7. The molecule has 5 nitrogen and oxygen atoms in total. The van der Waals surface area contributed by atoms with Crippen LogP contribution >= 0.6 is 11.3 Å². The summed E-state index contributed by atoms with van der Waals surface area (Å²) in [5, 5.41) is 4.38. The van der Waals surface area contributed by atoms with Crippen LogP contribution in [0.4, 0.5) is 0 Å². The van der Waals surface area contributed by atoms with Crippen LogP contribution in [0.15, 0.2) is 138 Å². The van der Waals surface area contributed by atoms with E-state index in [1.54, 1.807) is 11.3 Å². The summed E-state index contributed by atoms with van der Waals surface area (Å²) in [6.45, 7) is 0. The standard InChI is InChI=1S/C39H22N4OS/c1-5-13-31-25(9-1)26-10-2-6-14-32(26)43(31)39-41-37(23-18-20-36-30(21-23)29-12-4-8-16-35(29)45-36)40-38(42-39)24-17-19-28-27-11-3-7-15-33(27)44-34(28)22-24/h1-22H/i1D,2D,9D,10D,13D,14D. The van der Waals surface area contributed by atoms with Gasteiger partial charge in [0.25, 0.3) is 0 Å². The van der Waals surface area contributed by atoms with E-state index < -0.39 is 0 Å². The molecule has 45 heavy (non-hydrogen) atoms. The van der Waals surface area contributed by atoms with Gasteiger partial charge in [-0.1, -0.05) is 78.8 Å². The summed E-state index contributed by atoms with van der Waals surface area (Å²) < 4.78 is 62.4. The first kappa shape index (κ1) is 19.4. The van der Waals surface area contributed by atoms with E-state index in [0.29, 0.717) is 22.8 Å². The minimum atomic E-state index is -0.206. The van der Waals surface area contributed by atoms with Crippen molar-refractivity contribution in [2.45, 2.75) is 0 Å². The number of nitrogens with zero attached hydrogens (tertiary/aromatic N) is 4. The van der Waals surface area contributed by atoms with Crippen molar-refractivity contribution in [3.63, 3.8) is 0 Å². The summed E-state index contributed by atoms with van der Waals surface area (Å²) in [6.07, 6.45) is 0. The van der Waals surface area contributed by atoms with Gasteiger partial charge in [-0.3, -0.25) is 4.57 Å². The molecule has 6 heteroatoms. The number of furan rings is 1. The van der Waals surface area contributed by atoms with E-state index in [9.17, 15) is 0 Å². The van der Waals surface area contributed by atoms with Crippen LogP contribution in [0, 0.1) is 0 Å². The fourth-order valence-corrected chi connectivity index (χ4v) is 7.25. The minimum absolute atomic E-state index is 0.0752.